The summed E-state index contributed by atoms with van der Waals surface area (Å²) in [5, 5.41) is 9.31. The summed E-state index contributed by atoms with van der Waals surface area (Å²) in [5.41, 5.74) is -0.458. The minimum atomic E-state index is -1.19. The lowest BCUT2D eigenvalue weighted by Crippen LogP contribution is -2.58. The lowest BCUT2D eigenvalue weighted by molar-refractivity contribution is -0.164. The van der Waals surface area contributed by atoms with Crippen molar-refractivity contribution in [1.82, 2.24) is 14.7 Å². The molecule has 1 N–H and O–H groups in total. The molecule has 11 heteroatoms. The van der Waals surface area contributed by atoms with E-state index in [2.05, 4.69) is 29.1 Å². The van der Waals surface area contributed by atoms with Crippen LogP contribution in [0.15, 0.2) is 55.6 Å². The molecule has 1 saturated carbocycles. The van der Waals surface area contributed by atoms with Gasteiger partial charge in [0.15, 0.2) is 0 Å². The zero-order valence-electron chi connectivity index (χ0n) is 30.3. The zero-order valence-corrected chi connectivity index (χ0v) is 31.9. The van der Waals surface area contributed by atoms with Gasteiger partial charge in [-0.2, -0.15) is 0 Å². The fourth-order valence-corrected chi connectivity index (χ4v) is 9.84. The third-order valence-corrected chi connectivity index (χ3v) is 12.4. The Kier molecular flexibility index (Phi) is 13.6. The van der Waals surface area contributed by atoms with Crippen molar-refractivity contribution in [1.29, 1.82) is 0 Å². The van der Waals surface area contributed by atoms with E-state index < -0.39 is 47.7 Å². The Morgan fingerprint density at radius 1 is 1.10 bits per heavy atom. The molecule has 0 radical (unpaired) electrons. The van der Waals surface area contributed by atoms with E-state index in [1.807, 2.05) is 42.2 Å². The Bertz CT molecular complexity index is 1400. The summed E-state index contributed by atoms with van der Waals surface area (Å²) >= 11 is 3.80. The third kappa shape index (κ3) is 8.00. The van der Waals surface area contributed by atoms with E-state index in [0.717, 1.165) is 50.5 Å². The van der Waals surface area contributed by atoms with E-state index >= 15 is 0 Å². The summed E-state index contributed by atoms with van der Waals surface area (Å²) in [5.74, 6) is -2.87. The van der Waals surface area contributed by atoms with E-state index in [4.69, 9.17) is 9.47 Å². The van der Waals surface area contributed by atoms with Crippen LogP contribution >= 0.6 is 15.9 Å². The van der Waals surface area contributed by atoms with Crippen molar-refractivity contribution in [3.8, 4) is 0 Å². The Hall–Kier alpha value is -3.02. The van der Waals surface area contributed by atoms with Gasteiger partial charge in [-0.3, -0.25) is 19.2 Å². The number of ether oxygens (including phenoxy) is 2. The van der Waals surface area contributed by atoms with Gasteiger partial charge in [-0.15, -0.1) is 13.2 Å². The van der Waals surface area contributed by atoms with Crippen LogP contribution in [0.4, 0.5) is 0 Å². The third-order valence-electron chi connectivity index (χ3n) is 11.6. The lowest BCUT2D eigenvalue weighted by Gasteiger charge is -2.41. The second kappa shape index (κ2) is 17.7. The maximum atomic E-state index is 14.9. The average Bonchev–Trinajstić information content (AvgIpc) is 3.74. The number of halogens is 1. The number of amides is 3. The number of likely N-dealkylation sites (N-methyl/N-ethyl adjacent to an activating group) is 1. The van der Waals surface area contributed by atoms with Gasteiger partial charge in [0, 0.05) is 44.0 Å². The van der Waals surface area contributed by atoms with E-state index in [0.29, 0.717) is 38.8 Å². The number of alkyl halides is 1. The van der Waals surface area contributed by atoms with Gasteiger partial charge >= 0.3 is 5.97 Å². The van der Waals surface area contributed by atoms with Crippen molar-refractivity contribution in [3.05, 3.63) is 61.2 Å². The molecular formula is C40H56BrN3O7. The molecular weight excluding hydrogens is 714 g/mol. The standard InChI is InChI=1S/C40H56BrN3O7/c1-5-7-22-31(46)42(4)27(3)34(28-18-12-10-13-19-28)50-39(49)32-33-37(47)44(24-16-8-9-17-25-45)36(40(33)26-30(41)35(32)51-40)38(48)43(23-6-2)29-20-14-11-15-21-29/h5-6,10,12-13,18-19,27,29-30,32-36,45H,1-2,7-9,11,14-17,20-26H2,3-4H3/t27-,30?,32+,33-,34+,35+,36+,40-/m1/s1. The highest BCUT2D eigenvalue weighted by Crippen LogP contribution is 2.60. The molecule has 2 bridgehead atoms. The van der Waals surface area contributed by atoms with Gasteiger partial charge in [-0.05, 0) is 51.0 Å². The van der Waals surface area contributed by atoms with E-state index in [1.54, 1.807) is 29.0 Å². The number of unbranched alkanes of at least 4 members (excludes halogenated alkanes) is 3. The molecule has 10 nitrogen and oxygen atoms in total. The smallest absolute Gasteiger partial charge is 0.313 e. The van der Waals surface area contributed by atoms with Crippen molar-refractivity contribution < 1.29 is 33.8 Å². The van der Waals surface area contributed by atoms with Gasteiger partial charge in [0.05, 0.1) is 24.0 Å². The zero-order chi connectivity index (χ0) is 36.7. The van der Waals surface area contributed by atoms with Crippen LogP contribution in [0.3, 0.4) is 0 Å². The van der Waals surface area contributed by atoms with Crippen LogP contribution in [0.5, 0.6) is 0 Å². The second-order valence-corrected chi connectivity index (χ2v) is 15.9. The molecule has 51 heavy (non-hydrogen) atoms. The van der Waals surface area contributed by atoms with Crippen LogP contribution in [-0.4, -0.2) is 105 Å². The number of aliphatic hydroxyl groups is 1. The van der Waals surface area contributed by atoms with Crippen molar-refractivity contribution in [2.24, 2.45) is 11.8 Å². The van der Waals surface area contributed by atoms with Crippen molar-refractivity contribution in [2.75, 3.05) is 26.7 Å². The predicted octanol–water partition coefficient (Wildman–Crippen LogP) is 5.73. The van der Waals surface area contributed by atoms with E-state index in [9.17, 15) is 24.3 Å². The van der Waals surface area contributed by atoms with Crippen LogP contribution in [0.2, 0.25) is 0 Å². The van der Waals surface area contributed by atoms with Crippen LogP contribution in [0.1, 0.15) is 95.6 Å². The number of esters is 1. The van der Waals surface area contributed by atoms with Crippen LogP contribution in [0, 0.1) is 11.8 Å². The number of hydrogen-bond donors (Lipinski definition) is 1. The summed E-state index contributed by atoms with van der Waals surface area (Å²) in [4.78, 5) is 62.2. The first kappa shape index (κ1) is 39.2. The van der Waals surface area contributed by atoms with Gasteiger partial charge in [-0.25, -0.2) is 0 Å². The highest BCUT2D eigenvalue weighted by Gasteiger charge is 2.77. The van der Waals surface area contributed by atoms with Gasteiger partial charge in [0.2, 0.25) is 17.7 Å². The topological polar surface area (TPSA) is 117 Å². The molecule has 4 aliphatic rings. The molecule has 4 fully saturated rings. The van der Waals surface area contributed by atoms with Crippen molar-refractivity contribution in [3.63, 3.8) is 0 Å². The quantitative estimate of drug-likeness (QED) is 0.0878. The molecule has 5 rings (SSSR count). The van der Waals surface area contributed by atoms with Gasteiger partial charge < -0.3 is 29.3 Å². The fourth-order valence-electron chi connectivity index (χ4n) is 8.90. The molecule has 280 valence electrons. The minimum Gasteiger partial charge on any atom is -0.455 e. The Morgan fingerprint density at radius 2 is 1.80 bits per heavy atom. The number of allylic oxidation sites excluding steroid dienone is 1. The number of carbonyl (C=O) groups excluding carboxylic acids is 4. The molecule has 3 saturated heterocycles. The first-order valence-electron chi connectivity index (χ1n) is 18.9. The Morgan fingerprint density at radius 3 is 2.47 bits per heavy atom. The van der Waals surface area contributed by atoms with Crippen LogP contribution < -0.4 is 0 Å². The predicted molar refractivity (Wildman–Crippen MR) is 199 cm³/mol. The monoisotopic (exact) mass is 769 g/mol. The normalized spacial score (nSPS) is 28.2. The van der Waals surface area contributed by atoms with Crippen LogP contribution in [-0.2, 0) is 28.7 Å². The summed E-state index contributed by atoms with van der Waals surface area (Å²) < 4.78 is 13.2. The molecule has 3 amide bonds. The number of benzene rings is 1. The van der Waals surface area contributed by atoms with Gasteiger partial charge in [0.25, 0.3) is 0 Å². The number of likely N-dealkylation sites (tertiary alicyclic amines) is 1. The Labute approximate surface area is 311 Å². The van der Waals surface area contributed by atoms with E-state index in [1.165, 1.54) is 0 Å². The van der Waals surface area contributed by atoms with Crippen LogP contribution in [0.25, 0.3) is 0 Å². The number of fused-ring (bicyclic) bond motifs is 1. The Balaban J connectivity index is 1.47. The molecule has 0 aromatic heterocycles. The molecule has 1 aliphatic carbocycles. The second-order valence-electron chi connectivity index (χ2n) is 14.7. The first-order valence-corrected chi connectivity index (χ1v) is 19.8. The largest absolute Gasteiger partial charge is 0.455 e. The molecule has 1 aromatic rings. The molecule has 1 spiro atoms. The fraction of sp³-hybridized carbons (Fsp3) is 0.650. The van der Waals surface area contributed by atoms with Crippen molar-refractivity contribution in [2.45, 2.75) is 125 Å². The number of carbonyl (C=O) groups is 4. The summed E-state index contributed by atoms with van der Waals surface area (Å²) in [7, 11) is 1.71. The first-order chi connectivity index (χ1) is 24.6. The SMILES string of the molecule is C=CCCC(=O)N(C)[C@H](C)[C@H](OC(=O)[C@@H]1[C@H]2O[C@@]3(CC2Br)[C@H](C(=O)N(CC=C)C2CCCCC2)N(CCCCCCO)C(=O)[C@@H]13)c1ccccc1. The number of rotatable bonds is 18. The maximum Gasteiger partial charge on any atom is 0.313 e. The lowest BCUT2D eigenvalue weighted by atomic mass is 9.70. The highest BCUT2D eigenvalue weighted by molar-refractivity contribution is 9.09. The summed E-state index contributed by atoms with van der Waals surface area (Å²) in [6.07, 6.45) is 11.2. The highest BCUT2D eigenvalue weighted by atomic mass is 79.9. The summed E-state index contributed by atoms with van der Waals surface area (Å²) in [6.45, 7) is 10.4. The maximum absolute atomic E-state index is 14.9. The van der Waals surface area contributed by atoms with E-state index in [-0.39, 0.29) is 41.6 Å². The van der Waals surface area contributed by atoms with Gasteiger partial charge in [-0.1, -0.05) is 90.5 Å². The molecule has 3 aliphatic heterocycles. The molecule has 8 atom stereocenters. The van der Waals surface area contributed by atoms with Crippen molar-refractivity contribution >= 4 is 39.6 Å². The molecule has 3 heterocycles. The molecule has 1 aromatic carbocycles. The van der Waals surface area contributed by atoms with Gasteiger partial charge in [0.1, 0.15) is 17.7 Å². The number of hydrogen-bond acceptors (Lipinski definition) is 7. The number of aliphatic hydroxyl groups excluding tert-OH is 1. The number of nitrogens with zero attached hydrogens (tertiary/aromatic N) is 3. The average molecular weight is 771 g/mol. The minimum absolute atomic E-state index is 0.0552. The molecule has 1 unspecified atom stereocenters. The summed E-state index contributed by atoms with van der Waals surface area (Å²) in [6, 6.07) is 8.02.